The molecule has 3 saturated heterocycles. The topological polar surface area (TPSA) is 161 Å². The monoisotopic (exact) mass is 524 g/mol. The molecule has 0 aromatic carbocycles. The summed E-state index contributed by atoms with van der Waals surface area (Å²) in [6.07, 6.45) is -2.33. The molecule has 4 bridgehead atoms. The molecule has 1 N–H and O–H groups in total. The van der Waals surface area contributed by atoms with Gasteiger partial charge in [-0.25, -0.2) is 4.79 Å². The second-order valence-electron chi connectivity index (χ2n) is 10.2. The van der Waals surface area contributed by atoms with Crippen molar-refractivity contribution in [1.29, 1.82) is 0 Å². The molecule has 0 amide bonds. The zero-order chi connectivity index (χ0) is 25.1. The van der Waals surface area contributed by atoms with Crippen LogP contribution in [0.25, 0.3) is 0 Å². The summed E-state index contributed by atoms with van der Waals surface area (Å²) in [5.74, 6) is -6.54. The van der Waals surface area contributed by atoms with Crippen molar-refractivity contribution in [1.82, 2.24) is 0 Å². The summed E-state index contributed by atoms with van der Waals surface area (Å²) in [4.78, 5) is 35.9. The number of cyclic esters (lactones) is 1. The smallest absolute Gasteiger partial charge is 0.454 e. The second kappa shape index (κ2) is 7.09. The quantitative estimate of drug-likeness (QED) is 0.401. The number of fused-ring (bicyclic) bond motifs is 3. The first-order chi connectivity index (χ1) is 16.2. The van der Waals surface area contributed by atoms with Crippen molar-refractivity contribution < 1.29 is 64.6 Å². The van der Waals surface area contributed by atoms with Gasteiger partial charge in [0.1, 0.15) is 17.6 Å². The molecule has 0 radical (unpaired) electrons. The summed E-state index contributed by atoms with van der Waals surface area (Å²) in [5, 5.41) is -5.09. The van der Waals surface area contributed by atoms with E-state index in [1.54, 1.807) is 0 Å². The van der Waals surface area contributed by atoms with Gasteiger partial charge >= 0.3 is 33.3 Å². The minimum Gasteiger partial charge on any atom is -0.454 e. The van der Waals surface area contributed by atoms with Crippen LogP contribution in [0.1, 0.15) is 39.0 Å². The molecule has 7 rings (SSSR count). The van der Waals surface area contributed by atoms with E-state index in [4.69, 9.17) is 33.0 Å². The molecule has 4 saturated carbocycles. The van der Waals surface area contributed by atoms with Crippen LogP contribution in [0.2, 0.25) is 0 Å². The van der Waals surface area contributed by atoms with Crippen LogP contribution in [-0.4, -0.2) is 72.3 Å². The highest BCUT2D eigenvalue weighted by Gasteiger charge is 2.74. The van der Waals surface area contributed by atoms with Gasteiger partial charge in [-0.15, -0.1) is 0 Å². The lowest BCUT2D eigenvalue weighted by Crippen LogP contribution is -2.66. The number of alkyl halides is 2. The third-order valence-corrected chi connectivity index (χ3v) is 8.90. The summed E-state index contributed by atoms with van der Waals surface area (Å²) < 4.78 is 92.1. The van der Waals surface area contributed by atoms with Gasteiger partial charge in [0.05, 0.1) is 0 Å². The molecular formula is C20H22F2O12S. The van der Waals surface area contributed by atoms with E-state index in [0.717, 1.165) is 0 Å². The molecule has 3 aliphatic heterocycles. The first-order valence-electron chi connectivity index (χ1n) is 11.2. The van der Waals surface area contributed by atoms with E-state index >= 15 is 0 Å². The Morgan fingerprint density at radius 1 is 1.11 bits per heavy atom. The van der Waals surface area contributed by atoms with Crippen LogP contribution in [0.4, 0.5) is 8.78 Å². The number of carbonyl (C=O) groups is 3. The fraction of sp³-hybridized carbons (Fsp3) is 0.850. The maximum atomic E-state index is 13.9. The third kappa shape index (κ3) is 3.21. The predicted molar refractivity (Wildman–Crippen MR) is 101 cm³/mol. The SMILES string of the molecule is CC(=O)OC1OC(=O)C2C1OC1OC3(OC12)C1CC2CC3CC(OC(=O)C(F)(F)S(=O)(=O)O)(C2)C1. The highest BCUT2D eigenvalue weighted by atomic mass is 32.2. The Kier molecular flexibility index (Phi) is 4.75. The standard InChI is InChI=1S/C20H22F2O12S/c1-7(23)29-15-12-11(14(24)31-15)13-16(30-12)33-19(32-13)9-2-8-3-10(19)6-18(4-8,5-9)34-17(25)20(21,22)35(26,27)28/h8-13,15-16H,2-6H2,1H3,(H,26,27,28). The molecular weight excluding hydrogens is 502 g/mol. The average molecular weight is 524 g/mol. The molecule has 194 valence electrons. The summed E-state index contributed by atoms with van der Waals surface area (Å²) >= 11 is 0. The normalized spacial score (nSPS) is 47.5. The maximum absolute atomic E-state index is 13.9. The lowest BCUT2D eigenvalue weighted by molar-refractivity contribution is -0.343. The van der Waals surface area contributed by atoms with Crippen molar-refractivity contribution in [2.24, 2.45) is 23.7 Å². The van der Waals surface area contributed by atoms with E-state index in [1.165, 1.54) is 6.92 Å². The van der Waals surface area contributed by atoms with Crippen molar-refractivity contribution in [3.05, 3.63) is 0 Å². The van der Waals surface area contributed by atoms with E-state index in [1.807, 2.05) is 0 Å². The van der Waals surface area contributed by atoms with E-state index in [9.17, 15) is 31.6 Å². The van der Waals surface area contributed by atoms with Gasteiger partial charge in [-0.2, -0.15) is 17.2 Å². The Morgan fingerprint density at radius 2 is 1.77 bits per heavy atom. The molecule has 35 heavy (non-hydrogen) atoms. The molecule has 3 heterocycles. The van der Waals surface area contributed by atoms with Crippen molar-refractivity contribution in [3.63, 3.8) is 0 Å². The number of ether oxygens (including phenoxy) is 6. The number of halogens is 2. The minimum absolute atomic E-state index is 0.00335. The van der Waals surface area contributed by atoms with Crippen LogP contribution in [0.15, 0.2) is 0 Å². The van der Waals surface area contributed by atoms with Crippen molar-refractivity contribution in [2.75, 3.05) is 0 Å². The number of carbonyl (C=O) groups excluding carboxylic acids is 3. The maximum Gasteiger partial charge on any atom is 0.465 e. The molecule has 7 unspecified atom stereocenters. The van der Waals surface area contributed by atoms with Crippen LogP contribution in [0, 0.1) is 23.7 Å². The summed E-state index contributed by atoms with van der Waals surface area (Å²) in [7, 11) is -5.99. The van der Waals surface area contributed by atoms with Crippen LogP contribution in [-0.2, 0) is 52.9 Å². The first-order valence-corrected chi connectivity index (χ1v) is 12.7. The highest BCUT2D eigenvalue weighted by molar-refractivity contribution is 7.87. The fourth-order valence-electron chi connectivity index (χ4n) is 7.06. The van der Waals surface area contributed by atoms with Gasteiger partial charge in [0.15, 0.2) is 18.2 Å². The van der Waals surface area contributed by atoms with Gasteiger partial charge in [-0.3, -0.25) is 14.1 Å². The molecule has 12 nitrogen and oxygen atoms in total. The summed E-state index contributed by atoms with van der Waals surface area (Å²) in [6, 6.07) is 0. The van der Waals surface area contributed by atoms with Crippen LogP contribution >= 0.6 is 0 Å². The second-order valence-corrected chi connectivity index (χ2v) is 11.7. The number of hydrogen-bond donors (Lipinski definition) is 1. The largest absolute Gasteiger partial charge is 0.465 e. The fourth-order valence-corrected chi connectivity index (χ4v) is 7.31. The lowest BCUT2D eigenvalue weighted by atomic mass is 9.51. The van der Waals surface area contributed by atoms with Gasteiger partial charge in [-0.1, -0.05) is 0 Å². The molecule has 7 aliphatic rings. The Bertz CT molecular complexity index is 1090. The van der Waals surface area contributed by atoms with Gasteiger partial charge in [0, 0.05) is 18.8 Å². The first kappa shape index (κ1) is 23.5. The zero-order valence-corrected chi connectivity index (χ0v) is 19.1. The average Bonchev–Trinajstić information content (AvgIpc) is 3.33. The molecule has 7 atom stereocenters. The molecule has 0 aromatic heterocycles. The van der Waals surface area contributed by atoms with E-state index in [0.29, 0.717) is 12.8 Å². The Morgan fingerprint density at radius 3 is 2.37 bits per heavy atom. The van der Waals surface area contributed by atoms with E-state index in [2.05, 4.69) is 0 Å². The molecule has 1 spiro atoms. The van der Waals surface area contributed by atoms with Crippen LogP contribution in [0.5, 0.6) is 0 Å². The third-order valence-electron chi connectivity index (χ3n) is 8.08. The van der Waals surface area contributed by atoms with Gasteiger partial charge in [-0.05, 0) is 38.0 Å². The Labute approximate surface area is 197 Å². The molecule has 4 aliphatic carbocycles. The van der Waals surface area contributed by atoms with Crippen molar-refractivity contribution >= 4 is 28.0 Å². The minimum atomic E-state index is -5.99. The lowest BCUT2D eigenvalue weighted by Gasteiger charge is -2.62. The zero-order valence-electron chi connectivity index (χ0n) is 18.3. The predicted octanol–water partition coefficient (Wildman–Crippen LogP) is 0.488. The van der Waals surface area contributed by atoms with E-state index < -0.39 is 87.2 Å². The molecule has 15 heteroatoms. The van der Waals surface area contributed by atoms with Crippen molar-refractivity contribution in [2.45, 2.75) is 80.5 Å². The molecule has 7 fully saturated rings. The van der Waals surface area contributed by atoms with Gasteiger partial charge in [0.2, 0.25) is 0 Å². The van der Waals surface area contributed by atoms with Crippen molar-refractivity contribution in [3.8, 4) is 0 Å². The number of hydrogen-bond acceptors (Lipinski definition) is 11. The van der Waals surface area contributed by atoms with Gasteiger partial charge < -0.3 is 28.4 Å². The number of esters is 3. The highest BCUT2D eigenvalue weighted by Crippen LogP contribution is 2.66. The molecule has 0 aromatic rings. The van der Waals surface area contributed by atoms with Gasteiger partial charge in [0.25, 0.3) is 6.29 Å². The summed E-state index contributed by atoms with van der Waals surface area (Å²) in [6.45, 7) is 1.17. The van der Waals surface area contributed by atoms with Crippen LogP contribution < -0.4 is 0 Å². The number of rotatable bonds is 4. The van der Waals surface area contributed by atoms with E-state index in [-0.39, 0.29) is 25.2 Å². The Hall–Kier alpha value is -1.94. The Balaban J connectivity index is 1.22. The summed E-state index contributed by atoms with van der Waals surface area (Å²) in [5.41, 5.74) is -1.35. The van der Waals surface area contributed by atoms with Crippen LogP contribution in [0.3, 0.4) is 0 Å².